The summed E-state index contributed by atoms with van der Waals surface area (Å²) in [5.41, 5.74) is 7.30. The van der Waals surface area contributed by atoms with Crippen LogP contribution in [0.5, 0.6) is 0 Å². The van der Waals surface area contributed by atoms with Gasteiger partial charge in [0.15, 0.2) is 37.2 Å². The van der Waals surface area contributed by atoms with Crippen molar-refractivity contribution in [1.29, 1.82) is 0 Å². The minimum absolute atomic E-state index is 1.10. The van der Waals surface area contributed by atoms with Crippen LogP contribution in [-0.4, -0.2) is 0 Å². The van der Waals surface area contributed by atoms with Gasteiger partial charge in [-0.15, -0.1) is 0 Å². The van der Waals surface area contributed by atoms with Crippen molar-refractivity contribution in [3.63, 3.8) is 0 Å². The predicted octanol–water partition coefficient (Wildman–Crippen LogP) is 4.03. The van der Waals surface area contributed by atoms with Gasteiger partial charge < -0.3 is 0 Å². The molecule has 0 aromatic carbocycles. The zero-order valence-corrected chi connectivity index (χ0v) is 20.4. The monoisotopic (exact) mass is 440 g/mol. The maximum Gasteiger partial charge on any atom is 0.277 e. The van der Waals surface area contributed by atoms with Gasteiger partial charge in [0.05, 0.1) is 0 Å². The maximum atomic E-state index is 2.29. The largest absolute Gasteiger partial charge is 0.277 e. The lowest BCUT2D eigenvalue weighted by Crippen LogP contribution is -2.38. The van der Waals surface area contributed by atoms with Gasteiger partial charge in [-0.1, -0.05) is 19.8 Å². The van der Waals surface area contributed by atoms with E-state index >= 15 is 0 Å². The summed E-state index contributed by atoms with van der Waals surface area (Å²) in [6, 6.07) is 17.6. The first-order valence-electron chi connectivity index (χ1n) is 12.0. The minimum atomic E-state index is 1.10. The van der Waals surface area contributed by atoms with Crippen molar-refractivity contribution in [2.45, 2.75) is 39.2 Å². The van der Waals surface area contributed by atoms with Crippen LogP contribution < -0.4 is 18.3 Å². The Hall–Kier alpha value is -3.40. The normalized spacial score (nSPS) is 11.0. The highest BCUT2D eigenvalue weighted by molar-refractivity contribution is 5.64. The second kappa shape index (κ2) is 10.5. The second-order valence-corrected chi connectivity index (χ2v) is 8.97. The Kier molecular flexibility index (Phi) is 7.23. The average molecular weight is 441 g/mol. The number of hydrogen-bond donors (Lipinski definition) is 0. The molecule has 4 aromatic heterocycles. The third-order valence-electron chi connectivity index (χ3n) is 6.34. The van der Waals surface area contributed by atoms with Crippen LogP contribution in [0.4, 0.5) is 0 Å². The molecule has 33 heavy (non-hydrogen) atoms. The van der Waals surface area contributed by atoms with Crippen molar-refractivity contribution in [2.24, 2.45) is 21.1 Å². The molecule has 0 saturated heterocycles. The smallest absolute Gasteiger partial charge is 0.208 e. The van der Waals surface area contributed by atoms with Crippen LogP contribution in [0.15, 0.2) is 85.7 Å². The molecule has 4 rings (SSSR count). The van der Waals surface area contributed by atoms with Gasteiger partial charge >= 0.3 is 0 Å². The second-order valence-electron chi connectivity index (χ2n) is 8.97. The van der Waals surface area contributed by atoms with Crippen LogP contribution in [0.2, 0.25) is 0 Å². The molecule has 0 N–H and O–H groups in total. The van der Waals surface area contributed by atoms with E-state index in [1.54, 1.807) is 0 Å². The Labute approximate surface area is 198 Å². The molecule has 0 saturated carbocycles. The van der Waals surface area contributed by atoms with Crippen molar-refractivity contribution in [3.8, 4) is 33.6 Å². The van der Waals surface area contributed by atoms with E-state index < -0.39 is 0 Å². The molecule has 4 heteroatoms. The number of aryl methyl sites for hydroxylation is 4. The summed E-state index contributed by atoms with van der Waals surface area (Å²) in [6.07, 6.45) is 18.2. The highest BCUT2D eigenvalue weighted by atomic mass is 15.0. The topological polar surface area (TPSA) is 15.5 Å². The lowest BCUT2D eigenvalue weighted by Gasteiger charge is -2.05. The van der Waals surface area contributed by atoms with E-state index in [9.17, 15) is 0 Å². The number of aromatic nitrogens is 4. The third-order valence-corrected chi connectivity index (χ3v) is 6.34. The first-order chi connectivity index (χ1) is 16.0. The Bertz CT molecular complexity index is 1210. The van der Waals surface area contributed by atoms with Crippen molar-refractivity contribution in [2.75, 3.05) is 0 Å². The molecule has 0 bridgehead atoms. The fourth-order valence-corrected chi connectivity index (χ4v) is 4.30. The summed E-state index contributed by atoms with van der Waals surface area (Å²) in [4.78, 5) is 0. The van der Waals surface area contributed by atoms with Gasteiger partial charge in [0.25, 0.3) is 11.4 Å². The number of rotatable bonds is 8. The Morgan fingerprint density at radius 2 is 1.06 bits per heavy atom. The van der Waals surface area contributed by atoms with Crippen LogP contribution in [0.1, 0.15) is 32.6 Å². The quantitative estimate of drug-likeness (QED) is 0.290. The standard InChI is InChI=1S/C29H36N4/c1-5-6-7-8-17-33-20-15-25(16-21-33)27-10-12-29(32(4)23-27)28-11-9-26(22-31(28)3)24-13-18-30(2)19-14-24/h9-16,18-23H,5-8,17H2,1-4H3/q+4. The van der Waals surface area contributed by atoms with Gasteiger partial charge in [-0.2, -0.15) is 9.13 Å². The molecule has 0 aliphatic carbocycles. The predicted molar refractivity (Wildman–Crippen MR) is 131 cm³/mol. The summed E-state index contributed by atoms with van der Waals surface area (Å²) in [5.74, 6) is 0. The number of nitrogens with zero attached hydrogens (tertiary/aromatic N) is 4. The molecular weight excluding hydrogens is 404 g/mol. The van der Waals surface area contributed by atoms with E-state index in [4.69, 9.17) is 0 Å². The van der Waals surface area contributed by atoms with Crippen LogP contribution in [-0.2, 0) is 27.7 Å². The molecule has 0 aliphatic rings. The van der Waals surface area contributed by atoms with Crippen molar-refractivity contribution < 1.29 is 18.3 Å². The molecule has 168 valence electrons. The van der Waals surface area contributed by atoms with E-state index in [1.165, 1.54) is 59.3 Å². The van der Waals surface area contributed by atoms with Gasteiger partial charge in [-0.25, -0.2) is 9.13 Å². The fraction of sp³-hybridized carbons (Fsp3) is 0.310. The molecule has 0 atom stereocenters. The van der Waals surface area contributed by atoms with E-state index in [-0.39, 0.29) is 0 Å². The lowest BCUT2D eigenvalue weighted by molar-refractivity contribution is -0.697. The third kappa shape index (κ3) is 5.51. The van der Waals surface area contributed by atoms with Gasteiger partial charge in [-0.05, 0) is 29.7 Å². The molecule has 4 aromatic rings. The van der Waals surface area contributed by atoms with E-state index in [0.29, 0.717) is 0 Å². The summed E-state index contributed by atoms with van der Waals surface area (Å²) >= 11 is 0. The molecule has 4 heterocycles. The molecule has 0 unspecified atom stereocenters. The summed E-state index contributed by atoms with van der Waals surface area (Å²) in [6.45, 7) is 3.36. The van der Waals surface area contributed by atoms with Crippen LogP contribution in [0.25, 0.3) is 33.6 Å². The summed E-state index contributed by atoms with van der Waals surface area (Å²) in [7, 11) is 6.28. The van der Waals surface area contributed by atoms with E-state index in [0.717, 1.165) is 6.54 Å². The summed E-state index contributed by atoms with van der Waals surface area (Å²) in [5, 5.41) is 0. The van der Waals surface area contributed by atoms with E-state index in [2.05, 4.69) is 125 Å². The first-order valence-corrected chi connectivity index (χ1v) is 12.0. The fourth-order valence-electron chi connectivity index (χ4n) is 4.30. The number of pyridine rings is 4. The van der Waals surface area contributed by atoms with Gasteiger partial charge in [0.1, 0.15) is 27.7 Å². The average Bonchev–Trinajstić information content (AvgIpc) is 2.83. The molecular formula is C29H36N4+4. The Balaban J connectivity index is 1.52. The van der Waals surface area contributed by atoms with Crippen LogP contribution in [0.3, 0.4) is 0 Å². The number of hydrogen-bond acceptors (Lipinski definition) is 0. The molecule has 4 nitrogen and oxygen atoms in total. The Morgan fingerprint density at radius 3 is 1.55 bits per heavy atom. The van der Waals surface area contributed by atoms with Gasteiger partial charge in [0.2, 0.25) is 0 Å². The zero-order valence-electron chi connectivity index (χ0n) is 20.4. The SMILES string of the molecule is CCCCCC[n+]1ccc(-c2ccc(-c3ccc(-c4cc[n+](C)cc4)c[n+]3C)[n+](C)c2)cc1. The molecule has 0 amide bonds. The lowest BCUT2D eigenvalue weighted by atomic mass is 10.1. The molecule has 0 radical (unpaired) electrons. The molecule has 0 spiro atoms. The summed E-state index contributed by atoms with van der Waals surface area (Å²) < 4.78 is 8.78. The van der Waals surface area contributed by atoms with Gasteiger partial charge in [-0.3, -0.25) is 0 Å². The highest BCUT2D eigenvalue weighted by Gasteiger charge is 2.21. The molecule has 0 aliphatic heterocycles. The van der Waals surface area contributed by atoms with Crippen LogP contribution in [0, 0.1) is 0 Å². The zero-order chi connectivity index (χ0) is 23.2. The highest BCUT2D eigenvalue weighted by Crippen LogP contribution is 2.21. The van der Waals surface area contributed by atoms with E-state index in [1.807, 2.05) is 7.05 Å². The van der Waals surface area contributed by atoms with Crippen molar-refractivity contribution in [3.05, 3.63) is 85.7 Å². The van der Waals surface area contributed by atoms with Crippen LogP contribution >= 0.6 is 0 Å². The van der Waals surface area contributed by atoms with Crippen molar-refractivity contribution >= 4 is 0 Å². The number of unbranched alkanes of at least 4 members (excludes halogenated alkanes) is 3. The minimum Gasteiger partial charge on any atom is -0.208 e. The Morgan fingerprint density at radius 1 is 0.545 bits per heavy atom. The molecule has 0 fully saturated rings. The maximum absolute atomic E-state index is 2.29. The van der Waals surface area contributed by atoms with Crippen molar-refractivity contribution in [1.82, 2.24) is 0 Å². The first kappa shape index (κ1) is 22.8. The van der Waals surface area contributed by atoms with Gasteiger partial charge in [0, 0.05) is 53.9 Å².